The first-order valence-corrected chi connectivity index (χ1v) is 9.43. The lowest BCUT2D eigenvalue weighted by molar-refractivity contribution is -0.0184. The minimum absolute atomic E-state index is 1.16. The van der Waals surface area contributed by atoms with Crippen LogP contribution in [-0.4, -0.2) is 0 Å². The zero-order chi connectivity index (χ0) is 13.2. The van der Waals surface area contributed by atoms with Gasteiger partial charge >= 0.3 is 0 Å². The number of rotatable bonds is 0. The fourth-order valence-electron chi connectivity index (χ4n) is 6.45. The first-order valence-electron chi connectivity index (χ1n) is 9.43. The van der Waals surface area contributed by atoms with E-state index in [0.717, 1.165) is 11.8 Å². The molecular formula is C19H34. The molecule has 0 heterocycles. The summed E-state index contributed by atoms with van der Waals surface area (Å²) in [7, 11) is 0. The van der Waals surface area contributed by atoms with Crippen molar-refractivity contribution in [3.8, 4) is 0 Å². The average molecular weight is 262 g/mol. The average Bonchev–Trinajstić information content (AvgIpc) is 2.97. The lowest BCUT2D eigenvalue weighted by Gasteiger charge is -2.51. The van der Waals surface area contributed by atoms with Gasteiger partial charge in [0.15, 0.2) is 0 Å². The molecule has 0 N–H and O–H groups in total. The molecule has 4 aliphatic rings. The molecule has 0 saturated heterocycles. The van der Waals surface area contributed by atoms with Gasteiger partial charge in [-0.1, -0.05) is 46.0 Å². The van der Waals surface area contributed by atoms with Crippen LogP contribution in [0.1, 0.15) is 84.5 Å². The quantitative estimate of drug-likeness (QED) is 0.498. The van der Waals surface area contributed by atoms with Crippen LogP contribution in [0.3, 0.4) is 0 Å². The van der Waals surface area contributed by atoms with Crippen LogP contribution in [0.15, 0.2) is 0 Å². The highest BCUT2D eigenvalue weighted by molar-refractivity contribution is 4.98. The Labute approximate surface area is 120 Å². The van der Waals surface area contributed by atoms with Crippen molar-refractivity contribution in [3.63, 3.8) is 0 Å². The van der Waals surface area contributed by atoms with Gasteiger partial charge in [-0.05, 0) is 74.0 Å². The first-order chi connectivity index (χ1) is 9.43. The van der Waals surface area contributed by atoms with E-state index in [1.807, 2.05) is 13.8 Å². The summed E-state index contributed by atoms with van der Waals surface area (Å²) in [4.78, 5) is 0. The Hall–Kier alpha value is 0. The van der Waals surface area contributed by atoms with E-state index in [2.05, 4.69) is 0 Å². The highest BCUT2D eigenvalue weighted by atomic mass is 14.5. The molecule has 6 atom stereocenters. The van der Waals surface area contributed by atoms with E-state index in [4.69, 9.17) is 0 Å². The maximum atomic E-state index is 2.00. The zero-order valence-electron chi connectivity index (χ0n) is 13.2. The number of hydrogen-bond acceptors (Lipinski definition) is 0. The Kier molecular flexibility index (Phi) is 4.54. The van der Waals surface area contributed by atoms with Gasteiger partial charge < -0.3 is 0 Å². The molecule has 0 heteroatoms. The minimum Gasteiger partial charge on any atom is -0.0683 e. The van der Waals surface area contributed by atoms with Gasteiger partial charge in [-0.3, -0.25) is 0 Å². The Balaban J connectivity index is 0.000000528. The molecule has 0 bridgehead atoms. The maximum Gasteiger partial charge on any atom is -0.0352 e. The Morgan fingerprint density at radius 1 is 0.421 bits per heavy atom. The molecule has 4 fully saturated rings. The standard InChI is InChI=1S/C17H28.C2H6/c1-2-6-14-12(4-1)8-10-17-15-7-3-5-13(15)9-11-16(14)17;1-2/h12-17H,1-11H2;1-2H3/t12?,13-,14-,15+,16+,17-;/m0./s1. The summed E-state index contributed by atoms with van der Waals surface area (Å²) >= 11 is 0. The predicted molar refractivity (Wildman–Crippen MR) is 83.1 cm³/mol. The molecule has 4 aliphatic carbocycles. The summed E-state index contributed by atoms with van der Waals surface area (Å²) in [6.45, 7) is 4.00. The molecule has 0 amide bonds. The zero-order valence-corrected chi connectivity index (χ0v) is 13.2. The molecule has 4 rings (SSSR count). The van der Waals surface area contributed by atoms with E-state index in [9.17, 15) is 0 Å². The fraction of sp³-hybridized carbons (Fsp3) is 1.00. The predicted octanol–water partition coefficient (Wildman–Crippen LogP) is 6.06. The van der Waals surface area contributed by atoms with Gasteiger partial charge in [0.05, 0.1) is 0 Å². The van der Waals surface area contributed by atoms with Gasteiger partial charge in [-0.15, -0.1) is 0 Å². The summed E-state index contributed by atoms with van der Waals surface area (Å²) in [5, 5.41) is 0. The van der Waals surface area contributed by atoms with Crippen LogP contribution in [0.25, 0.3) is 0 Å². The summed E-state index contributed by atoms with van der Waals surface area (Å²) in [6.07, 6.45) is 17.5. The second-order valence-corrected chi connectivity index (χ2v) is 7.55. The topological polar surface area (TPSA) is 0 Å². The molecule has 19 heavy (non-hydrogen) atoms. The summed E-state index contributed by atoms with van der Waals surface area (Å²) in [5.74, 6) is 7.02. The first kappa shape index (κ1) is 14.0. The van der Waals surface area contributed by atoms with Gasteiger partial charge in [0.2, 0.25) is 0 Å². The molecule has 0 radical (unpaired) electrons. The molecule has 110 valence electrons. The van der Waals surface area contributed by atoms with Crippen LogP contribution in [0.2, 0.25) is 0 Å². The molecule has 0 aromatic heterocycles. The van der Waals surface area contributed by atoms with Crippen LogP contribution < -0.4 is 0 Å². The Bertz CT molecular complexity index is 282. The van der Waals surface area contributed by atoms with Gasteiger partial charge in [0.1, 0.15) is 0 Å². The third-order valence-corrected chi connectivity index (χ3v) is 7.08. The minimum atomic E-state index is 1.16. The summed E-state index contributed by atoms with van der Waals surface area (Å²) in [6, 6.07) is 0. The van der Waals surface area contributed by atoms with E-state index in [1.165, 1.54) is 23.7 Å². The molecule has 0 aromatic rings. The van der Waals surface area contributed by atoms with Crippen LogP contribution in [-0.2, 0) is 0 Å². The fourth-order valence-corrected chi connectivity index (χ4v) is 6.45. The normalized spacial score (nSPS) is 48.3. The van der Waals surface area contributed by atoms with Crippen molar-refractivity contribution in [3.05, 3.63) is 0 Å². The second-order valence-electron chi connectivity index (χ2n) is 7.55. The highest BCUT2D eigenvalue weighted by Gasteiger charge is 2.48. The molecule has 0 aromatic carbocycles. The SMILES string of the molecule is C1CC[C@H]2C(C1)CC[C@H]1[C@@H]3CCC[C@H]3CC[C@@H]12.CC. The molecule has 0 nitrogen and oxygen atoms in total. The van der Waals surface area contributed by atoms with Gasteiger partial charge in [0, 0.05) is 0 Å². The van der Waals surface area contributed by atoms with Crippen molar-refractivity contribution in [1.82, 2.24) is 0 Å². The van der Waals surface area contributed by atoms with Gasteiger partial charge in [0.25, 0.3) is 0 Å². The van der Waals surface area contributed by atoms with Crippen LogP contribution >= 0.6 is 0 Å². The molecule has 0 spiro atoms. The van der Waals surface area contributed by atoms with E-state index in [0.29, 0.717) is 0 Å². The van der Waals surface area contributed by atoms with E-state index < -0.39 is 0 Å². The monoisotopic (exact) mass is 262 g/mol. The largest absolute Gasteiger partial charge is 0.0683 e. The van der Waals surface area contributed by atoms with Crippen molar-refractivity contribution >= 4 is 0 Å². The van der Waals surface area contributed by atoms with Crippen LogP contribution in [0, 0.1) is 35.5 Å². The van der Waals surface area contributed by atoms with Gasteiger partial charge in [-0.2, -0.15) is 0 Å². The molecule has 1 unspecified atom stereocenters. The third-order valence-electron chi connectivity index (χ3n) is 7.08. The van der Waals surface area contributed by atoms with Crippen LogP contribution in [0.4, 0.5) is 0 Å². The van der Waals surface area contributed by atoms with Gasteiger partial charge in [-0.25, -0.2) is 0 Å². The van der Waals surface area contributed by atoms with Crippen molar-refractivity contribution in [1.29, 1.82) is 0 Å². The highest BCUT2D eigenvalue weighted by Crippen LogP contribution is 2.57. The van der Waals surface area contributed by atoms with Crippen molar-refractivity contribution < 1.29 is 0 Å². The molecular weight excluding hydrogens is 228 g/mol. The van der Waals surface area contributed by atoms with Crippen molar-refractivity contribution in [2.75, 3.05) is 0 Å². The molecule has 4 saturated carbocycles. The Morgan fingerprint density at radius 3 is 1.53 bits per heavy atom. The second kappa shape index (κ2) is 6.19. The Morgan fingerprint density at radius 2 is 0.895 bits per heavy atom. The van der Waals surface area contributed by atoms with E-state index >= 15 is 0 Å². The van der Waals surface area contributed by atoms with E-state index in [-0.39, 0.29) is 0 Å². The molecule has 0 aliphatic heterocycles. The summed E-state index contributed by atoms with van der Waals surface area (Å²) < 4.78 is 0. The number of hydrogen-bond donors (Lipinski definition) is 0. The van der Waals surface area contributed by atoms with Crippen molar-refractivity contribution in [2.45, 2.75) is 84.5 Å². The summed E-state index contributed by atoms with van der Waals surface area (Å²) in [5.41, 5.74) is 0. The smallest absolute Gasteiger partial charge is 0.0352 e. The lowest BCUT2D eigenvalue weighted by atomic mass is 9.54. The van der Waals surface area contributed by atoms with E-state index in [1.54, 1.807) is 70.6 Å². The van der Waals surface area contributed by atoms with Crippen molar-refractivity contribution in [2.24, 2.45) is 35.5 Å². The number of fused-ring (bicyclic) bond motifs is 5. The maximum absolute atomic E-state index is 2.00. The lowest BCUT2D eigenvalue weighted by Crippen LogP contribution is -2.43. The van der Waals surface area contributed by atoms with Crippen LogP contribution in [0.5, 0.6) is 0 Å². The third kappa shape index (κ3) is 2.49.